The van der Waals surface area contributed by atoms with Gasteiger partial charge in [0.05, 0.1) is 5.69 Å². The van der Waals surface area contributed by atoms with E-state index in [1.54, 1.807) is 59.7 Å². The summed E-state index contributed by atoms with van der Waals surface area (Å²) >= 11 is 0. The Bertz CT molecular complexity index is 612. The monoisotopic (exact) mass is 322 g/mol. The number of carbonyl (C=O) groups is 2. The molecule has 128 valence electrons. The zero-order valence-corrected chi connectivity index (χ0v) is 14.8. The van der Waals surface area contributed by atoms with Crippen molar-refractivity contribution in [2.75, 3.05) is 9.80 Å². The molecule has 0 saturated heterocycles. The third-order valence-corrected chi connectivity index (χ3v) is 3.42. The maximum atomic E-state index is 11.7. The average Bonchev–Trinajstić information content (AvgIpc) is 2.28. The van der Waals surface area contributed by atoms with E-state index in [1.807, 2.05) is 6.92 Å². The van der Waals surface area contributed by atoms with Crippen molar-refractivity contribution in [1.29, 1.82) is 0 Å². The van der Waals surface area contributed by atoms with Crippen LogP contribution in [0.4, 0.5) is 21.0 Å². The molecule has 0 aliphatic carbocycles. The summed E-state index contributed by atoms with van der Waals surface area (Å²) in [6.07, 6.45) is -2.15. The van der Waals surface area contributed by atoms with Gasteiger partial charge in [-0.05, 0) is 66.2 Å². The summed E-state index contributed by atoms with van der Waals surface area (Å²) in [5.41, 5.74) is 0.406. The fourth-order valence-corrected chi connectivity index (χ4v) is 2.51. The fourth-order valence-electron chi connectivity index (χ4n) is 2.51. The Labute approximate surface area is 137 Å². The van der Waals surface area contributed by atoms with Crippen LogP contribution in [0.15, 0.2) is 18.2 Å². The zero-order chi connectivity index (χ0) is 18.2. The normalized spacial score (nSPS) is 12.0. The maximum Gasteiger partial charge on any atom is 0.412 e. The first kappa shape index (κ1) is 18.8. The van der Waals surface area contributed by atoms with Gasteiger partial charge < -0.3 is 10.2 Å². The third-order valence-electron chi connectivity index (χ3n) is 3.42. The predicted octanol–water partition coefficient (Wildman–Crippen LogP) is 4.56. The van der Waals surface area contributed by atoms with Crippen molar-refractivity contribution in [3.8, 4) is 0 Å². The average molecular weight is 322 g/mol. The van der Waals surface area contributed by atoms with E-state index in [-0.39, 0.29) is 0 Å². The van der Waals surface area contributed by atoms with Crippen LogP contribution in [0.2, 0.25) is 0 Å². The van der Waals surface area contributed by atoms with Crippen LogP contribution in [-0.4, -0.2) is 33.5 Å². The van der Waals surface area contributed by atoms with Crippen molar-refractivity contribution in [3.63, 3.8) is 0 Å². The van der Waals surface area contributed by atoms with E-state index in [1.165, 1.54) is 9.80 Å². The summed E-state index contributed by atoms with van der Waals surface area (Å²) in [4.78, 5) is 25.8. The van der Waals surface area contributed by atoms with Gasteiger partial charge in [-0.25, -0.2) is 9.59 Å². The Morgan fingerprint density at radius 2 is 1.30 bits per heavy atom. The van der Waals surface area contributed by atoms with Crippen molar-refractivity contribution in [3.05, 3.63) is 23.8 Å². The third kappa shape index (κ3) is 4.15. The van der Waals surface area contributed by atoms with Crippen LogP contribution in [0.25, 0.3) is 0 Å². The summed E-state index contributed by atoms with van der Waals surface area (Å²) in [6, 6.07) is 5.06. The van der Waals surface area contributed by atoms with Gasteiger partial charge in [0.25, 0.3) is 0 Å². The van der Waals surface area contributed by atoms with E-state index in [0.717, 1.165) is 5.56 Å². The molecule has 1 aromatic carbocycles. The summed E-state index contributed by atoms with van der Waals surface area (Å²) in [7, 11) is 0. The van der Waals surface area contributed by atoms with Crippen LogP contribution >= 0.6 is 0 Å². The van der Waals surface area contributed by atoms with Crippen LogP contribution in [0.5, 0.6) is 0 Å². The van der Waals surface area contributed by atoms with E-state index in [9.17, 15) is 19.8 Å². The quantitative estimate of drug-likeness (QED) is 0.836. The second-order valence-corrected chi connectivity index (χ2v) is 7.55. The summed E-state index contributed by atoms with van der Waals surface area (Å²) in [6.45, 7) is 12.6. The molecule has 0 unspecified atom stereocenters. The minimum atomic E-state index is -1.08. The Kier molecular flexibility index (Phi) is 4.99. The first-order valence-corrected chi connectivity index (χ1v) is 7.44. The lowest BCUT2D eigenvalue weighted by Gasteiger charge is -2.37. The Hall–Kier alpha value is -2.24. The molecule has 0 heterocycles. The van der Waals surface area contributed by atoms with Crippen LogP contribution in [-0.2, 0) is 0 Å². The van der Waals surface area contributed by atoms with Crippen LogP contribution < -0.4 is 9.80 Å². The highest BCUT2D eigenvalue weighted by Crippen LogP contribution is 2.33. The van der Waals surface area contributed by atoms with Crippen molar-refractivity contribution in [2.24, 2.45) is 0 Å². The molecule has 2 amide bonds. The highest BCUT2D eigenvalue weighted by molar-refractivity contribution is 5.92. The van der Waals surface area contributed by atoms with Gasteiger partial charge in [0.1, 0.15) is 0 Å². The number of nitrogens with zero attached hydrogens (tertiary/aromatic N) is 2. The summed E-state index contributed by atoms with van der Waals surface area (Å²) in [5.74, 6) is 0. The molecule has 0 aliphatic rings. The van der Waals surface area contributed by atoms with Gasteiger partial charge in [0, 0.05) is 16.8 Å². The molecule has 0 bridgehead atoms. The van der Waals surface area contributed by atoms with E-state index in [0.29, 0.717) is 11.4 Å². The van der Waals surface area contributed by atoms with Crippen LogP contribution in [0, 0.1) is 6.92 Å². The molecule has 1 aromatic rings. The second-order valence-electron chi connectivity index (χ2n) is 7.55. The van der Waals surface area contributed by atoms with E-state index >= 15 is 0 Å². The van der Waals surface area contributed by atoms with Crippen LogP contribution in [0.3, 0.4) is 0 Å². The number of hydrogen-bond acceptors (Lipinski definition) is 2. The SMILES string of the molecule is Cc1ccc(N(C(=O)O)C(C)(C)C)cc1N(C(=O)O)C(C)(C)C. The summed E-state index contributed by atoms with van der Waals surface area (Å²) in [5, 5.41) is 19.1. The number of anilines is 2. The molecule has 0 aliphatic heterocycles. The topological polar surface area (TPSA) is 81.1 Å². The fraction of sp³-hybridized carbons (Fsp3) is 0.529. The van der Waals surface area contributed by atoms with Gasteiger partial charge in [-0.15, -0.1) is 0 Å². The van der Waals surface area contributed by atoms with E-state index in [2.05, 4.69) is 0 Å². The predicted molar refractivity (Wildman–Crippen MR) is 91.7 cm³/mol. The van der Waals surface area contributed by atoms with Gasteiger partial charge in [-0.2, -0.15) is 0 Å². The first-order valence-electron chi connectivity index (χ1n) is 7.44. The smallest absolute Gasteiger partial charge is 0.412 e. The molecule has 0 saturated carbocycles. The molecule has 0 atom stereocenters. The molecular formula is C17H26N2O4. The minimum Gasteiger partial charge on any atom is -0.465 e. The van der Waals surface area contributed by atoms with Crippen LogP contribution in [0.1, 0.15) is 47.1 Å². The molecule has 2 N–H and O–H groups in total. The standard InChI is InChI=1S/C17H26N2O4/c1-11-8-9-12(18(14(20)21)16(2,3)4)10-13(11)19(15(22)23)17(5,6)7/h8-10H,1-7H3,(H,20,21)(H,22,23). The van der Waals surface area contributed by atoms with Crippen molar-refractivity contribution >= 4 is 23.6 Å². The maximum absolute atomic E-state index is 11.7. The molecule has 23 heavy (non-hydrogen) atoms. The van der Waals surface area contributed by atoms with Crippen molar-refractivity contribution in [1.82, 2.24) is 0 Å². The molecule has 1 rings (SSSR count). The highest BCUT2D eigenvalue weighted by Gasteiger charge is 2.32. The van der Waals surface area contributed by atoms with Gasteiger partial charge >= 0.3 is 12.2 Å². The van der Waals surface area contributed by atoms with E-state index < -0.39 is 23.3 Å². The lowest BCUT2D eigenvalue weighted by atomic mass is 10.0. The molecule has 0 fully saturated rings. The molecule has 0 aromatic heterocycles. The highest BCUT2D eigenvalue weighted by atomic mass is 16.4. The second kappa shape index (κ2) is 6.10. The molecule has 0 radical (unpaired) electrons. The lowest BCUT2D eigenvalue weighted by molar-refractivity contribution is 0.195. The van der Waals surface area contributed by atoms with Gasteiger partial charge in [0.2, 0.25) is 0 Å². The molecule has 6 heteroatoms. The molecule has 6 nitrogen and oxygen atoms in total. The number of rotatable bonds is 2. The van der Waals surface area contributed by atoms with E-state index in [4.69, 9.17) is 0 Å². The van der Waals surface area contributed by atoms with Gasteiger partial charge in [-0.1, -0.05) is 6.07 Å². The Morgan fingerprint density at radius 1 is 0.870 bits per heavy atom. The minimum absolute atomic E-state index is 0.445. The molecule has 0 spiro atoms. The Balaban J connectivity index is 3.54. The number of amides is 2. The van der Waals surface area contributed by atoms with Gasteiger partial charge in [0.15, 0.2) is 0 Å². The van der Waals surface area contributed by atoms with Gasteiger partial charge in [-0.3, -0.25) is 9.80 Å². The molecular weight excluding hydrogens is 296 g/mol. The number of benzene rings is 1. The first-order chi connectivity index (χ1) is 10.3. The summed E-state index contributed by atoms with van der Waals surface area (Å²) < 4.78 is 0. The zero-order valence-electron chi connectivity index (χ0n) is 14.8. The number of hydrogen-bond donors (Lipinski definition) is 2. The lowest BCUT2D eigenvalue weighted by Crippen LogP contribution is -2.47. The number of aryl methyl sites for hydroxylation is 1. The number of carboxylic acid groups (broad SMARTS) is 2. The van der Waals surface area contributed by atoms with Crippen molar-refractivity contribution in [2.45, 2.75) is 59.5 Å². The Morgan fingerprint density at radius 3 is 1.65 bits per heavy atom. The van der Waals surface area contributed by atoms with Crippen molar-refractivity contribution < 1.29 is 19.8 Å². The largest absolute Gasteiger partial charge is 0.465 e.